The van der Waals surface area contributed by atoms with E-state index in [0.717, 1.165) is 31.6 Å². The van der Waals surface area contributed by atoms with Crippen LogP contribution >= 0.6 is 0 Å². The van der Waals surface area contributed by atoms with Gasteiger partial charge >= 0.3 is 5.69 Å². The molecule has 5 rings (SSSR count). The molecular formula is C18H16N4O4. The first-order valence-corrected chi connectivity index (χ1v) is 8.55. The fraction of sp³-hybridized carbons (Fsp3) is 0.333. The van der Waals surface area contributed by atoms with E-state index in [1.54, 1.807) is 6.07 Å². The highest BCUT2D eigenvalue weighted by Gasteiger charge is 2.42. The lowest BCUT2D eigenvalue weighted by molar-refractivity contribution is -0.383. The lowest BCUT2D eigenvalue weighted by atomic mass is 9.83. The molecule has 2 aliphatic heterocycles. The zero-order valence-electron chi connectivity index (χ0n) is 13.9. The third-order valence-electron chi connectivity index (χ3n) is 5.49. The Kier molecular flexibility index (Phi) is 3.23. The highest BCUT2D eigenvalue weighted by atomic mass is 16.6. The lowest BCUT2D eigenvalue weighted by Crippen LogP contribution is -2.42. The molecule has 132 valence electrons. The van der Waals surface area contributed by atoms with Crippen LogP contribution < -0.4 is 4.90 Å². The molecule has 8 nitrogen and oxygen atoms in total. The van der Waals surface area contributed by atoms with E-state index in [2.05, 4.69) is 33.4 Å². The van der Waals surface area contributed by atoms with Crippen molar-refractivity contribution in [2.24, 2.45) is 0 Å². The summed E-state index contributed by atoms with van der Waals surface area (Å²) in [6.45, 7) is 2.20. The summed E-state index contributed by atoms with van der Waals surface area (Å²) in [4.78, 5) is 12.9. The smallest absolute Gasteiger partial charge is 0.300 e. The number of hydrogen-bond acceptors (Lipinski definition) is 7. The van der Waals surface area contributed by atoms with Crippen LogP contribution in [-0.4, -0.2) is 28.3 Å². The maximum atomic E-state index is 11.2. The second-order valence-electron chi connectivity index (χ2n) is 6.75. The van der Waals surface area contributed by atoms with Gasteiger partial charge in [-0.25, -0.2) is 4.63 Å². The average molecular weight is 352 g/mol. The Labute approximate surface area is 148 Å². The summed E-state index contributed by atoms with van der Waals surface area (Å²) in [5.41, 5.74) is 3.67. The van der Waals surface area contributed by atoms with E-state index < -0.39 is 4.92 Å². The number of ether oxygens (including phenoxy) is 1. The number of anilines is 1. The summed E-state index contributed by atoms with van der Waals surface area (Å²) >= 11 is 0. The van der Waals surface area contributed by atoms with E-state index in [0.29, 0.717) is 12.1 Å². The highest BCUT2D eigenvalue weighted by Crippen LogP contribution is 2.45. The van der Waals surface area contributed by atoms with Crippen LogP contribution in [0.4, 0.5) is 11.4 Å². The van der Waals surface area contributed by atoms with Gasteiger partial charge in [0.1, 0.15) is 0 Å². The summed E-state index contributed by atoms with van der Waals surface area (Å²) in [7, 11) is 0. The number of benzene rings is 2. The van der Waals surface area contributed by atoms with E-state index in [-0.39, 0.29) is 16.8 Å². The molecule has 3 heterocycles. The average Bonchev–Trinajstić information content (AvgIpc) is 3.28. The van der Waals surface area contributed by atoms with Gasteiger partial charge in [0.2, 0.25) is 5.52 Å². The first kappa shape index (κ1) is 15.3. The van der Waals surface area contributed by atoms with Gasteiger partial charge in [0.05, 0.1) is 22.8 Å². The monoisotopic (exact) mass is 352 g/mol. The van der Waals surface area contributed by atoms with Gasteiger partial charge in [-0.15, -0.1) is 0 Å². The van der Waals surface area contributed by atoms with Gasteiger partial charge < -0.3 is 9.64 Å². The lowest BCUT2D eigenvalue weighted by Gasteiger charge is -2.40. The van der Waals surface area contributed by atoms with Crippen LogP contribution in [0.15, 0.2) is 41.0 Å². The van der Waals surface area contributed by atoms with Crippen molar-refractivity contribution < 1.29 is 14.3 Å². The second-order valence-corrected chi connectivity index (χ2v) is 6.75. The Hall–Kier alpha value is -3.00. The molecule has 0 unspecified atom stereocenters. The summed E-state index contributed by atoms with van der Waals surface area (Å²) in [5, 5.41) is 18.8. The summed E-state index contributed by atoms with van der Waals surface area (Å²) in [6.07, 6.45) is 1.71. The molecule has 0 radical (unpaired) electrons. The summed E-state index contributed by atoms with van der Waals surface area (Å²) < 4.78 is 11.0. The first-order valence-electron chi connectivity index (χ1n) is 8.55. The van der Waals surface area contributed by atoms with Gasteiger partial charge in [0, 0.05) is 19.2 Å². The van der Waals surface area contributed by atoms with E-state index in [4.69, 9.17) is 9.37 Å². The quantitative estimate of drug-likeness (QED) is 0.516. The van der Waals surface area contributed by atoms with Gasteiger partial charge in [-0.3, -0.25) is 10.1 Å². The molecule has 1 saturated heterocycles. The minimum absolute atomic E-state index is 0.0912. The highest BCUT2D eigenvalue weighted by molar-refractivity contribution is 5.93. The van der Waals surface area contributed by atoms with Crippen LogP contribution in [0.2, 0.25) is 0 Å². The maximum Gasteiger partial charge on any atom is 0.300 e. The van der Waals surface area contributed by atoms with Crippen molar-refractivity contribution in [1.82, 2.24) is 10.3 Å². The zero-order valence-corrected chi connectivity index (χ0v) is 13.9. The molecule has 0 amide bonds. The van der Waals surface area contributed by atoms with Crippen molar-refractivity contribution in [2.45, 2.75) is 25.0 Å². The first-order chi connectivity index (χ1) is 12.7. The van der Waals surface area contributed by atoms with Gasteiger partial charge in [0.25, 0.3) is 0 Å². The molecule has 0 N–H and O–H groups in total. The minimum atomic E-state index is -0.467. The van der Waals surface area contributed by atoms with Crippen LogP contribution in [0, 0.1) is 10.1 Å². The molecule has 0 bridgehead atoms. The van der Waals surface area contributed by atoms with Crippen molar-refractivity contribution in [1.29, 1.82) is 0 Å². The topological polar surface area (TPSA) is 94.5 Å². The molecule has 1 fully saturated rings. The normalized spacial score (nSPS) is 18.4. The summed E-state index contributed by atoms with van der Waals surface area (Å²) in [6, 6.07) is 11.6. The van der Waals surface area contributed by atoms with Gasteiger partial charge in [-0.05, 0) is 40.3 Å². The number of aromatic nitrogens is 2. The van der Waals surface area contributed by atoms with Crippen LogP contribution in [0.5, 0.6) is 0 Å². The van der Waals surface area contributed by atoms with E-state index in [1.165, 1.54) is 17.2 Å². The Bertz CT molecular complexity index is 1010. The fourth-order valence-electron chi connectivity index (χ4n) is 4.15. The molecule has 2 aliphatic rings. The fourth-order valence-corrected chi connectivity index (χ4v) is 4.15. The van der Waals surface area contributed by atoms with E-state index in [9.17, 15) is 10.1 Å². The predicted molar refractivity (Wildman–Crippen MR) is 92.8 cm³/mol. The van der Waals surface area contributed by atoms with Gasteiger partial charge in [0.15, 0.2) is 5.52 Å². The molecule has 1 aromatic heterocycles. The van der Waals surface area contributed by atoms with Crippen LogP contribution in [0.1, 0.15) is 24.0 Å². The zero-order chi connectivity index (χ0) is 17.7. The number of nitrogens with zero attached hydrogens (tertiary/aromatic N) is 4. The summed E-state index contributed by atoms with van der Waals surface area (Å²) in [5.74, 6) is 0. The standard InChI is InChI=1S/C18H16N4O4/c23-22(24)15-6-5-14(16-17(15)20-26-19-16)21-9-7-18(8-10-21)13-4-2-1-3-12(13)11-25-18/h1-6H,7-11H2. The van der Waals surface area contributed by atoms with Crippen LogP contribution in [0.3, 0.4) is 0 Å². The molecule has 0 atom stereocenters. The molecule has 26 heavy (non-hydrogen) atoms. The molecule has 8 heteroatoms. The van der Waals surface area contributed by atoms with Crippen molar-refractivity contribution in [2.75, 3.05) is 18.0 Å². The number of rotatable bonds is 2. The third kappa shape index (κ3) is 2.12. The molecule has 2 aromatic carbocycles. The maximum absolute atomic E-state index is 11.2. The largest absolute Gasteiger partial charge is 0.369 e. The van der Waals surface area contributed by atoms with Gasteiger partial charge in [-0.1, -0.05) is 24.3 Å². The Morgan fingerprint density at radius 3 is 2.65 bits per heavy atom. The van der Waals surface area contributed by atoms with E-state index >= 15 is 0 Å². The number of non-ortho nitro benzene ring substituents is 1. The van der Waals surface area contributed by atoms with Gasteiger partial charge in [-0.2, -0.15) is 0 Å². The van der Waals surface area contributed by atoms with Crippen LogP contribution in [0.25, 0.3) is 11.0 Å². The molecule has 0 aliphatic carbocycles. The number of nitro groups is 1. The SMILES string of the molecule is O=[N+]([O-])c1ccc(N2CCC3(CC2)OCc2ccccc23)c2nonc12. The molecular weight excluding hydrogens is 336 g/mol. The second kappa shape index (κ2) is 5.50. The molecule has 3 aromatic rings. The molecule has 1 spiro atoms. The predicted octanol–water partition coefficient (Wildman–Crippen LogP) is 3.16. The third-order valence-corrected chi connectivity index (χ3v) is 5.49. The number of hydrogen-bond donors (Lipinski definition) is 0. The Balaban J connectivity index is 1.45. The van der Waals surface area contributed by atoms with Crippen molar-refractivity contribution in [3.63, 3.8) is 0 Å². The number of piperidine rings is 1. The number of fused-ring (bicyclic) bond motifs is 3. The van der Waals surface area contributed by atoms with E-state index in [1.807, 2.05) is 6.07 Å². The van der Waals surface area contributed by atoms with Crippen LogP contribution in [-0.2, 0) is 16.9 Å². The number of nitro benzene ring substituents is 1. The van der Waals surface area contributed by atoms with Crippen molar-refractivity contribution in [3.05, 3.63) is 57.6 Å². The Morgan fingerprint density at radius 1 is 1.08 bits per heavy atom. The van der Waals surface area contributed by atoms with Crippen molar-refractivity contribution in [3.8, 4) is 0 Å². The molecule has 0 saturated carbocycles. The van der Waals surface area contributed by atoms with Crippen molar-refractivity contribution >= 4 is 22.4 Å². The Morgan fingerprint density at radius 2 is 1.85 bits per heavy atom. The minimum Gasteiger partial charge on any atom is -0.369 e.